The van der Waals surface area contributed by atoms with E-state index >= 15 is 0 Å². The molecule has 3 aromatic carbocycles. The van der Waals surface area contributed by atoms with Crippen molar-refractivity contribution < 1.29 is 24.2 Å². The second-order valence-electron chi connectivity index (χ2n) is 6.94. The summed E-state index contributed by atoms with van der Waals surface area (Å²) in [6.45, 7) is 0. The summed E-state index contributed by atoms with van der Waals surface area (Å²) in [7, 11) is 0. The standard InChI is InChI=1S/C22H13FN4O4/c23-14-7-10(19-24-15-5-2-11(21(28)29)8-17(15)26-19)1-4-13(14)20-25-16-6-3-12(22(30)31)9-18(16)27-20/h1-9H,(H,24,26)(H,25,27)(H,28,29)(H,30,31). The molecule has 0 fully saturated rings. The normalized spacial score (nSPS) is 11.3. The van der Waals surface area contributed by atoms with Crippen LogP contribution in [0.15, 0.2) is 54.6 Å². The summed E-state index contributed by atoms with van der Waals surface area (Å²) in [5, 5.41) is 18.2. The molecular weight excluding hydrogens is 403 g/mol. The number of nitrogens with zero attached hydrogens (tertiary/aromatic N) is 2. The highest BCUT2D eigenvalue weighted by Gasteiger charge is 2.15. The van der Waals surface area contributed by atoms with Gasteiger partial charge in [0.2, 0.25) is 0 Å². The van der Waals surface area contributed by atoms with Crippen molar-refractivity contribution in [1.29, 1.82) is 0 Å². The lowest BCUT2D eigenvalue weighted by Gasteiger charge is -2.02. The molecule has 0 saturated carbocycles. The van der Waals surface area contributed by atoms with Gasteiger partial charge >= 0.3 is 11.9 Å². The monoisotopic (exact) mass is 416 g/mol. The van der Waals surface area contributed by atoms with E-state index < -0.39 is 17.8 Å². The molecule has 0 unspecified atom stereocenters. The number of hydrogen-bond donors (Lipinski definition) is 4. The first-order chi connectivity index (χ1) is 14.9. The Labute approximate surface area is 173 Å². The van der Waals surface area contributed by atoms with Gasteiger partial charge in [0.05, 0.1) is 38.8 Å². The van der Waals surface area contributed by atoms with Gasteiger partial charge in [-0.25, -0.2) is 23.9 Å². The molecule has 0 radical (unpaired) electrons. The number of hydrogen-bond acceptors (Lipinski definition) is 4. The molecule has 2 heterocycles. The summed E-state index contributed by atoms with van der Waals surface area (Å²) >= 11 is 0. The molecule has 0 spiro atoms. The number of benzene rings is 3. The summed E-state index contributed by atoms with van der Waals surface area (Å²) in [4.78, 5) is 37.0. The molecule has 5 rings (SSSR count). The average molecular weight is 416 g/mol. The van der Waals surface area contributed by atoms with E-state index in [0.29, 0.717) is 33.5 Å². The predicted molar refractivity (Wildman–Crippen MR) is 110 cm³/mol. The molecule has 2 aromatic heterocycles. The minimum Gasteiger partial charge on any atom is -0.478 e. The maximum Gasteiger partial charge on any atom is 0.335 e. The van der Waals surface area contributed by atoms with E-state index in [-0.39, 0.29) is 22.5 Å². The van der Waals surface area contributed by atoms with Gasteiger partial charge in [-0.15, -0.1) is 0 Å². The van der Waals surface area contributed by atoms with Crippen molar-refractivity contribution in [1.82, 2.24) is 19.9 Å². The number of carboxylic acids is 2. The third-order valence-electron chi connectivity index (χ3n) is 4.96. The largest absolute Gasteiger partial charge is 0.478 e. The smallest absolute Gasteiger partial charge is 0.335 e. The lowest BCUT2D eigenvalue weighted by Crippen LogP contribution is -1.94. The van der Waals surface area contributed by atoms with E-state index in [9.17, 15) is 14.0 Å². The fraction of sp³-hybridized carbons (Fsp3) is 0. The molecule has 0 atom stereocenters. The molecule has 152 valence electrons. The van der Waals surface area contributed by atoms with Crippen LogP contribution in [-0.4, -0.2) is 42.1 Å². The fourth-order valence-corrected chi connectivity index (χ4v) is 3.40. The van der Waals surface area contributed by atoms with Gasteiger partial charge in [-0.3, -0.25) is 0 Å². The van der Waals surface area contributed by atoms with Crippen molar-refractivity contribution in [3.63, 3.8) is 0 Å². The summed E-state index contributed by atoms with van der Waals surface area (Å²) in [6, 6.07) is 13.5. The van der Waals surface area contributed by atoms with E-state index in [1.807, 2.05) is 0 Å². The topological polar surface area (TPSA) is 132 Å². The Morgan fingerprint density at radius 3 is 1.84 bits per heavy atom. The van der Waals surface area contributed by atoms with Crippen LogP contribution in [0.5, 0.6) is 0 Å². The quantitative estimate of drug-likeness (QED) is 0.345. The van der Waals surface area contributed by atoms with Crippen LogP contribution < -0.4 is 0 Å². The zero-order valence-electron chi connectivity index (χ0n) is 15.7. The molecule has 9 heteroatoms. The number of rotatable bonds is 4. The highest BCUT2D eigenvalue weighted by atomic mass is 19.1. The van der Waals surface area contributed by atoms with Gasteiger partial charge in [-0.05, 0) is 48.5 Å². The van der Waals surface area contributed by atoms with Gasteiger partial charge in [-0.1, -0.05) is 6.07 Å². The Balaban J connectivity index is 1.53. The first-order valence-electron chi connectivity index (χ1n) is 9.15. The van der Waals surface area contributed by atoms with Gasteiger partial charge in [-0.2, -0.15) is 0 Å². The number of halogens is 1. The number of fused-ring (bicyclic) bond motifs is 2. The van der Waals surface area contributed by atoms with Crippen molar-refractivity contribution in [3.8, 4) is 22.8 Å². The molecule has 4 N–H and O–H groups in total. The van der Waals surface area contributed by atoms with Crippen molar-refractivity contribution in [2.75, 3.05) is 0 Å². The second kappa shape index (κ2) is 6.77. The molecule has 0 aliphatic carbocycles. The summed E-state index contributed by atoms with van der Waals surface area (Å²) in [6.07, 6.45) is 0. The minimum absolute atomic E-state index is 0.106. The zero-order valence-corrected chi connectivity index (χ0v) is 15.7. The molecule has 5 aromatic rings. The first-order valence-corrected chi connectivity index (χ1v) is 9.15. The van der Waals surface area contributed by atoms with Crippen LogP contribution in [0.2, 0.25) is 0 Å². The molecule has 0 aliphatic heterocycles. The number of aromatic carboxylic acids is 2. The molecule has 0 amide bonds. The number of aromatic nitrogens is 4. The molecule has 0 saturated heterocycles. The maximum absolute atomic E-state index is 14.9. The van der Waals surface area contributed by atoms with Crippen LogP contribution in [-0.2, 0) is 0 Å². The highest BCUT2D eigenvalue weighted by Crippen LogP contribution is 2.28. The van der Waals surface area contributed by atoms with Crippen molar-refractivity contribution in [3.05, 3.63) is 71.5 Å². The second-order valence-corrected chi connectivity index (χ2v) is 6.94. The van der Waals surface area contributed by atoms with Crippen LogP contribution in [0, 0.1) is 5.82 Å². The van der Waals surface area contributed by atoms with Crippen LogP contribution in [0.4, 0.5) is 4.39 Å². The Hall–Kier alpha value is -4.53. The van der Waals surface area contributed by atoms with Crippen molar-refractivity contribution >= 4 is 34.0 Å². The summed E-state index contributed by atoms with van der Waals surface area (Å²) in [5.41, 5.74) is 3.05. The van der Waals surface area contributed by atoms with E-state index in [1.165, 1.54) is 30.3 Å². The van der Waals surface area contributed by atoms with E-state index in [2.05, 4.69) is 19.9 Å². The van der Waals surface area contributed by atoms with Gasteiger partial charge in [0, 0.05) is 5.56 Å². The van der Waals surface area contributed by atoms with Gasteiger partial charge < -0.3 is 20.2 Å². The lowest BCUT2D eigenvalue weighted by molar-refractivity contribution is 0.0686. The van der Waals surface area contributed by atoms with Crippen molar-refractivity contribution in [2.45, 2.75) is 0 Å². The number of nitrogens with one attached hydrogen (secondary N) is 2. The SMILES string of the molecule is O=C(O)c1ccc2nc(-c3ccc(-c4nc5ccc(C(=O)O)cc5[nH]4)c(F)c3)[nH]c2c1. The number of aromatic amines is 2. The van der Waals surface area contributed by atoms with E-state index in [4.69, 9.17) is 10.2 Å². The predicted octanol–water partition coefficient (Wildman–Crippen LogP) is 4.31. The highest BCUT2D eigenvalue weighted by molar-refractivity contribution is 5.94. The molecule has 31 heavy (non-hydrogen) atoms. The Morgan fingerprint density at radius 1 is 0.742 bits per heavy atom. The van der Waals surface area contributed by atoms with Gasteiger partial charge in [0.15, 0.2) is 0 Å². The Kier molecular flexibility index (Phi) is 4.04. The number of H-pyrrole nitrogens is 2. The summed E-state index contributed by atoms with van der Waals surface area (Å²) in [5.74, 6) is -1.97. The summed E-state index contributed by atoms with van der Waals surface area (Å²) < 4.78 is 14.9. The van der Waals surface area contributed by atoms with Crippen molar-refractivity contribution in [2.24, 2.45) is 0 Å². The maximum atomic E-state index is 14.9. The van der Waals surface area contributed by atoms with Crippen LogP contribution in [0.1, 0.15) is 20.7 Å². The number of imidazole rings is 2. The molecule has 0 aliphatic rings. The Morgan fingerprint density at radius 2 is 1.29 bits per heavy atom. The minimum atomic E-state index is -1.06. The number of carbonyl (C=O) groups is 2. The number of carboxylic acid groups (broad SMARTS) is 2. The van der Waals surface area contributed by atoms with Crippen LogP contribution >= 0.6 is 0 Å². The lowest BCUT2D eigenvalue weighted by atomic mass is 10.1. The average Bonchev–Trinajstić information content (AvgIpc) is 3.36. The molecule has 8 nitrogen and oxygen atoms in total. The fourth-order valence-electron chi connectivity index (χ4n) is 3.40. The van der Waals surface area contributed by atoms with Crippen LogP contribution in [0.25, 0.3) is 44.8 Å². The molecule has 0 bridgehead atoms. The van der Waals surface area contributed by atoms with E-state index in [1.54, 1.807) is 24.3 Å². The zero-order chi connectivity index (χ0) is 21.7. The third-order valence-corrected chi connectivity index (χ3v) is 4.96. The van der Waals surface area contributed by atoms with E-state index in [0.717, 1.165) is 0 Å². The molecular formula is C22H13FN4O4. The van der Waals surface area contributed by atoms with Gasteiger partial charge in [0.25, 0.3) is 0 Å². The Bertz CT molecular complexity index is 1520. The van der Waals surface area contributed by atoms with Crippen LogP contribution in [0.3, 0.4) is 0 Å². The van der Waals surface area contributed by atoms with Gasteiger partial charge in [0.1, 0.15) is 17.5 Å². The first kappa shape index (κ1) is 18.5. The third kappa shape index (κ3) is 3.18.